The zero-order valence-electron chi connectivity index (χ0n) is 17.2. The molecule has 9 nitrogen and oxygen atoms in total. The lowest BCUT2D eigenvalue weighted by Crippen LogP contribution is -2.35. The summed E-state index contributed by atoms with van der Waals surface area (Å²) in [5.74, 6) is 1.34. The van der Waals surface area contributed by atoms with E-state index in [0.29, 0.717) is 42.4 Å². The zero-order valence-corrected chi connectivity index (χ0v) is 18.8. The van der Waals surface area contributed by atoms with Gasteiger partial charge in [-0.05, 0) is 54.6 Å². The van der Waals surface area contributed by atoms with Gasteiger partial charge < -0.3 is 4.57 Å². The second-order valence-corrected chi connectivity index (χ2v) is 10.3. The molecule has 162 valence electrons. The van der Waals surface area contributed by atoms with Crippen molar-refractivity contribution in [3.8, 4) is 11.4 Å². The van der Waals surface area contributed by atoms with E-state index in [-0.39, 0.29) is 0 Å². The summed E-state index contributed by atoms with van der Waals surface area (Å²) in [6.45, 7) is 4.26. The first-order chi connectivity index (χ1) is 15.1. The van der Waals surface area contributed by atoms with Crippen LogP contribution in [0.3, 0.4) is 0 Å². The number of aromatic nitrogens is 6. The average Bonchev–Trinajstić information content (AvgIpc) is 3.53. The van der Waals surface area contributed by atoms with E-state index in [0.717, 1.165) is 36.2 Å². The summed E-state index contributed by atoms with van der Waals surface area (Å²) in [4.78, 5) is 6.54. The summed E-state index contributed by atoms with van der Waals surface area (Å²) in [5.41, 5.74) is 2.49. The number of fused-ring (bicyclic) bond motifs is 1. The minimum absolute atomic E-state index is 0.299. The lowest BCUT2D eigenvalue weighted by Gasteiger charge is -2.25. The minimum atomic E-state index is -3.50. The molecule has 0 aliphatic carbocycles. The highest BCUT2D eigenvalue weighted by molar-refractivity contribution is 7.89. The van der Waals surface area contributed by atoms with Gasteiger partial charge in [0.1, 0.15) is 12.4 Å². The van der Waals surface area contributed by atoms with Crippen molar-refractivity contribution in [1.82, 2.24) is 34.1 Å². The van der Waals surface area contributed by atoms with Crippen LogP contribution in [-0.4, -0.2) is 55.6 Å². The van der Waals surface area contributed by atoms with Gasteiger partial charge in [0.25, 0.3) is 0 Å². The molecule has 0 amide bonds. The number of hydrogen-bond acceptors (Lipinski definition) is 7. The summed E-state index contributed by atoms with van der Waals surface area (Å²) >= 11 is 1.58. The van der Waals surface area contributed by atoms with E-state index in [2.05, 4.69) is 20.0 Å². The number of rotatable bonds is 6. The van der Waals surface area contributed by atoms with Gasteiger partial charge in [0, 0.05) is 30.6 Å². The molecule has 11 heteroatoms. The molecule has 1 aliphatic heterocycles. The quantitative estimate of drug-likeness (QED) is 0.441. The first-order valence-corrected chi connectivity index (χ1v) is 12.7. The number of imidazole rings is 1. The van der Waals surface area contributed by atoms with Crippen LogP contribution in [0.15, 0.2) is 39.9 Å². The van der Waals surface area contributed by atoms with Crippen LogP contribution in [0.5, 0.6) is 0 Å². The van der Waals surface area contributed by atoms with Gasteiger partial charge in [-0.15, -0.1) is 10.2 Å². The van der Waals surface area contributed by atoms with Gasteiger partial charge in [-0.2, -0.15) is 20.4 Å². The maximum Gasteiger partial charge on any atom is 0.243 e. The molecule has 3 aromatic heterocycles. The van der Waals surface area contributed by atoms with Gasteiger partial charge in [0.05, 0.1) is 15.9 Å². The molecule has 0 N–H and O–H groups in total. The lowest BCUT2D eigenvalue weighted by molar-refractivity contribution is 0.346. The standard InChI is InChI=1S/C20H23N7O2S2/c1-2-26-18-7-6-16(31(28,29)25-9-4-3-5-10-25)12-17(18)21-19(26)13-27-23-20(22-24-27)15-8-11-30-14-15/h6-8,11-12,14H,2-5,9-10,13H2,1H3. The van der Waals surface area contributed by atoms with Crippen LogP contribution in [-0.2, 0) is 23.1 Å². The predicted octanol–water partition coefficient (Wildman–Crippen LogP) is 2.99. The Hall–Kier alpha value is -2.63. The smallest absolute Gasteiger partial charge is 0.243 e. The Morgan fingerprint density at radius 1 is 1.13 bits per heavy atom. The van der Waals surface area contributed by atoms with Gasteiger partial charge in [-0.25, -0.2) is 13.4 Å². The Labute approximate surface area is 184 Å². The van der Waals surface area contributed by atoms with E-state index >= 15 is 0 Å². The molecule has 1 saturated heterocycles. The van der Waals surface area contributed by atoms with Crippen LogP contribution < -0.4 is 0 Å². The van der Waals surface area contributed by atoms with E-state index in [1.165, 1.54) is 4.80 Å². The number of sulfonamides is 1. The third kappa shape index (κ3) is 3.77. The van der Waals surface area contributed by atoms with E-state index in [1.807, 2.05) is 29.8 Å². The molecule has 0 unspecified atom stereocenters. The number of thiophene rings is 1. The van der Waals surface area contributed by atoms with E-state index in [1.54, 1.807) is 27.8 Å². The number of hydrogen-bond donors (Lipinski definition) is 0. The molecule has 0 saturated carbocycles. The zero-order chi connectivity index (χ0) is 21.4. The first-order valence-electron chi connectivity index (χ1n) is 10.4. The third-order valence-electron chi connectivity index (χ3n) is 5.58. The molecule has 0 atom stereocenters. The lowest BCUT2D eigenvalue weighted by atomic mass is 10.2. The molecule has 0 spiro atoms. The maximum absolute atomic E-state index is 13.1. The molecular formula is C20H23N7O2S2. The van der Waals surface area contributed by atoms with Crippen molar-refractivity contribution >= 4 is 32.4 Å². The van der Waals surface area contributed by atoms with Crippen LogP contribution in [0.4, 0.5) is 0 Å². The van der Waals surface area contributed by atoms with Gasteiger partial charge in [-0.3, -0.25) is 0 Å². The fourth-order valence-electron chi connectivity index (χ4n) is 3.99. The monoisotopic (exact) mass is 457 g/mol. The number of piperidine rings is 1. The molecule has 0 radical (unpaired) electrons. The average molecular weight is 458 g/mol. The first kappa shape index (κ1) is 20.3. The van der Waals surface area contributed by atoms with E-state index in [4.69, 9.17) is 4.98 Å². The molecular weight excluding hydrogens is 434 g/mol. The highest BCUT2D eigenvalue weighted by Gasteiger charge is 2.26. The van der Waals surface area contributed by atoms with Crippen molar-refractivity contribution in [3.05, 3.63) is 40.8 Å². The number of nitrogens with zero attached hydrogens (tertiary/aromatic N) is 7. The van der Waals surface area contributed by atoms with Crippen molar-refractivity contribution in [1.29, 1.82) is 0 Å². The normalized spacial score (nSPS) is 15.6. The molecule has 5 rings (SSSR count). The highest BCUT2D eigenvalue weighted by atomic mass is 32.2. The fraction of sp³-hybridized carbons (Fsp3) is 0.400. The van der Waals surface area contributed by atoms with Gasteiger partial charge >= 0.3 is 0 Å². The molecule has 4 aromatic rings. The maximum atomic E-state index is 13.1. The second kappa shape index (κ2) is 8.13. The van der Waals surface area contributed by atoms with E-state index in [9.17, 15) is 8.42 Å². The van der Waals surface area contributed by atoms with Gasteiger partial charge in [0.15, 0.2) is 0 Å². The van der Waals surface area contributed by atoms with Crippen molar-refractivity contribution in [3.63, 3.8) is 0 Å². The molecule has 1 aromatic carbocycles. The third-order valence-corrected chi connectivity index (χ3v) is 8.16. The Bertz CT molecular complexity index is 1300. The topological polar surface area (TPSA) is 98.8 Å². The fourth-order valence-corrected chi connectivity index (χ4v) is 6.16. The molecule has 31 heavy (non-hydrogen) atoms. The molecule has 1 aliphatic rings. The molecule has 1 fully saturated rings. The van der Waals surface area contributed by atoms with Crippen molar-refractivity contribution in [2.45, 2.75) is 44.2 Å². The van der Waals surface area contributed by atoms with Crippen molar-refractivity contribution in [2.75, 3.05) is 13.1 Å². The highest BCUT2D eigenvalue weighted by Crippen LogP contribution is 2.25. The largest absolute Gasteiger partial charge is 0.327 e. The van der Waals surface area contributed by atoms with Crippen LogP contribution in [0, 0.1) is 0 Å². The SMILES string of the molecule is CCn1c(Cn2nnc(-c3ccsc3)n2)nc2cc(S(=O)(=O)N3CCCCC3)ccc21. The van der Waals surface area contributed by atoms with Gasteiger partial charge in [-0.1, -0.05) is 6.42 Å². The Kier molecular flexibility index (Phi) is 5.32. The predicted molar refractivity (Wildman–Crippen MR) is 118 cm³/mol. The second-order valence-electron chi connectivity index (χ2n) is 7.54. The summed E-state index contributed by atoms with van der Waals surface area (Å²) in [6.07, 6.45) is 2.91. The van der Waals surface area contributed by atoms with Crippen molar-refractivity contribution in [2.24, 2.45) is 0 Å². The molecule has 0 bridgehead atoms. The van der Waals surface area contributed by atoms with Crippen LogP contribution in [0.2, 0.25) is 0 Å². The van der Waals surface area contributed by atoms with Crippen LogP contribution in [0.1, 0.15) is 32.0 Å². The summed E-state index contributed by atoms with van der Waals surface area (Å²) in [5, 5.41) is 16.7. The minimum Gasteiger partial charge on any atom is -0.327 e. The Morgan fingerprint density at radius 3 is 2.71 bits per heavy atom. The van der Waals surface area contributed by atoms with Gasteiger partial charge in [0.2, 0.25) is 15.8 Å². The Morgan fingerprint density at radius 2 is 1.97 bits per heavy atom. The van der Waals surface area contributed by atoms with Crippen LogP contribution in [0.25, 0.3) is 22.4 Å². The van der Waals surface area contributed by atoms with Crippen LogP contribution >= 0.6 is 11.3 Å². The summed E-state index contributed by atoms with van der Waals surface area (Å²) < 4.78 is 29.8. The van der Waals surface area contributed by atoms with Crippen molar-refractivity contribution < 1.29 is 8.42 Å². The van der Waals surface area contributed by atoms with E-state index < -0.39 is 10.0 Å². The summed E-state index contributed by atoms with van der Waals surface area (Å²) in [6, 6.07) is 7.17. The number of benzene rings is 1. The Balaban J connectivity index is 1.47. The molecule has 4 heterocycles. The summed E-state index contributed by atoms with van der Waals surface area (Å²) in [7, 11) is -3.50. The number of aryl methyl sites for hydroxylation is 1. The number of tetrazole rings is 1.